The minimum atomic E-state index is -3.34. The first-order valence-corrected chi connectivity index (χ1v) is 7.55. The molecule has 1 rings (SSSR count). The number of alkyl halides is 1. The molecule has 1 unspecified atom stereocenters. The molecule has 0 amide bonds. The lowest BCUT2D eigenvalue weighted by Gasteiger charge is -2.15. The van der Waals surface area contributed by atoms with E-state index in [0.717, 1.165) is 5.56 Å². The van der Waals surface area contributed by atoms with E-state index in [0.29, 0.717) is 6.42 Å². The van der Waals surface area contributed by atoms with Crippen LogP contribution in [-0.2, 0) is 16.4 Å². The predicted molar refractivity (Wildman–Crippen MR) is 66.9 cm³/mol. The number of hydrogen-bond donors (Lipinski definition) is 2. The topological polar surface area (TPSA) is 66.4 Å². The van der Waals surface area contributed by atoms with E-state index in [-0.39, 0.29) is 11.3 Å². The van der Waals surface area contributed by atoms with Gasteiger partial charge in [0.25, 0.3) is 0 Å². The van der Waals surface area contributed by atoms with Gasteiger partial charge >= 0.3 is 0 Å². The summed E-state index contributed by atoms with van der Waals surface area (Å²) in [6.45, 7) is -0.221. The molecule has 1 aromatic rings. The molecule has 0 spiro atoms. The molecular formula is C10H14BrNO3S. The quantitative estimate of drug-likeness (QED) is 0.766. The van der Waals surface area contributed by atoms with E-state index in [1.54, 1.807) is 0 Å². The van der Waals surface area contributed by atoms with Crippen LogP contribution in [0.15, 0.2) is 30.3 Å². The molecule has 0 fully saturated rings. The van der Waals surface area contributed by atoms with Gasteiger partial charge in [0.05, 0.1) is 6.61 Å². The van der Waals surface area contributed by atoms with Crippen LogP contribution in [0.2, 0.25) is 0 Å². The summed E-state index contributed by atoms with van der Waals surface area (Å²) in [6.07, 6.45) is 0.476. The Morgan fingerprint density at radius 3 is 2.44 bits per heavy atom. The number of halogens is 1. The molecule has 1 aromatic carbocycles. The number of aliphatic hydroxyl groups is 1. The van der Waals surface area contributed by atoms with Gasteiger partial charge < -0.3 is 5.11 Å². The summed E-state index contributed by atoms with van der Waals surface area (Å²) < 4.78 is 24.8. The third-order valence-corrected chi connectivity index (χ3v) is 4.82. The van der Waals surface area contributed by atoms with E-state index in [1.807, 2.05) is 30.3 Å². The first kappa shape index (κ1) is 13.6. The minimum absolute atomic E-state index is 0.161. The fraction of sp³-hybridized carbons (Fsp3) is 0.400. The van der Waals surface area contributed by atoms with Gasteiger partial charge in [0.2, 0.25) is 10.0 Å². The van der Waals surface area contributed by atoms with Crippen molar-refractivity contribution >= 4 is 26.0 Å². The van der Waals surface area contributed by atoms with E-state index in [4.69, 9.17) is 5.11 Å². The molecule has 6 heteroatoms. The summed E-state index contributed by atoms with van der Waals surface area (Å²) in [6, 6.07) is 8.95. The molecule has 2 N–H and O–H groups in total. The zero-order valence-corrected chi connectivity index (χ0v) is 11.0. The molecule has 90 valence electrons. The number of sulfonamides is 1. The van der Waals surface area contributed by atoms with E-state index < -0.39 is 16.1 Å². The summed E-state index contributed by atoms with van der Waals surface area (Å²) in [7, 11) is -3.34. The van der Waals surface area contributed by atoms with Crippen LogP contribution < -0.4 is 4.72 Å². The van der Waals surface area contributed by atoms with Crippen LogP contribution in [0, 0.1) is 0 Å². The lowest BCUT2D eigenvalue weighted by Crippen LogP contribution is -2.39. The highest BCUT2D eigenvalue weighted by Crippen LogP contribution is 2.04. The van der Waals surface area contributed by atoms with Crippen molar-refractivity contribution in [1.29, 1.82) is 0 Å². The molecule has 0 saturated carbocycles. The Kier molecular flexibility index (Phi) is 5.40. The van der Waals surface area contributed by atoms with Crippen molar-refractivity contribution in [3.8, 4) is 0 Å². The monoisotopic (exact) mass is 307 g/mol. The number of hydrogen-bond acceptors (Lipinski definition) is 3. The van der Waals surface area contributed by atoms with Crippen molar-refractivity contribution in [2.24, 2.45) is 0 Å². The zero-order chi connectivity index (χ0) is 12.0. The van der Waals surface area contributed by atoms with Gasteiger partial charge in [-0.15, -0.1) is 0 Å². The van der Waals surface area contributed by atoms with Crippen LogP contribution in [-0.4, -0.2) is 30.8 Å². The van der Waals surface area contributed by atoms with Crippen LogP contribution in [0.25, 0.3) is 0 Å². The lowest BCUT2D eigenvalue weighted by atomic mass is 10.1. The van der Waals surface area contributed by atoms with Gasteiger partial charge in [-0.3, -0.25) is 0 Å². The third-order valence-electron chi connectivity index (χ3n) is 2.04. The van der Waals surface area contributed by atoms with Gasteiger partial charge in [0, 0.05) is 6.04 Å². The van der Waals surface area contributed by atoms with E-state index in [9.17, 15) is 8.42 Å². The molecule has 0 radical (unpaired) electrons. The SMILES string of the molecule is O=S(=O)(CBr)NC(CO)Cc1ccccc1. The average molecular weight is 308 g/mol. The molecular weight excluding hydrogens is 294 g/mol. The summed E-state index contributed by atoms with van der Waals surface area (Å²) in [5.74, 6) is 0. The minimum Gasteiger partial charge on any atom is -0.395 e. The standard InChI is InChI=1S/C10H14BrNO3S/c11-8-16(14,15)12-10(7-13)6-9-4-2-1-3-5-9/h1-5,10,12-13H,6-8H2. The van der Waals surface area contributed by atoms with Crippen molar-refractivity contribution in [1.82, 2.24) is 4.72 Å². The Labute approximate surface area is 104 Å². The molecule has 0 aliphatic heterocycles. The Morgan fingerprint density at radius 1 is 1.31 bits per heavy atom. The van der Waals surface area contributed by atoms with E-state index >= 15 is 0 Å². The summed E-state index contributed by atoms with van der Waals surface area (Å²) in [4.78, 5) is 0. The molecule has 16 heavy (non-hydrogen) atoms. The summed E-state index contributed by atoms with van der Waals surface area (Å²) in [5.41, 5.74) is 0.985. The molecule has 0 saturated heterocycles. The van der Waals surface area contributed by atoms with Crippen LogP contribution in [0.3, 0.4) is 0 Å². The summed E-state index contributed by atoms with van der Waals surface area (Å²) in [5, 5.41) is 9.10. The Bertz CT molecular complexity index is 407. The smallest absolute Gasteiger partial charge is 0.221 e. The van der Waals surface area contributed by atoms with Crippen LogP contribution >= 0.6 is 15.9 Å². The molecule has 1 atom stereocenters. The molecule has 0 aliphatic carbocycles. The van der Waals surface area contributed by atoms with Crippen LogP contribution in [0.1, 0.15) is 5.56 Å². The number of benzene rings is 1. The van der Waals surface area contributed by atoms with E-state index in [1.165, 1.54) is 0 Å². The normalized spacial score (nSPS) is 13.6. The molecule has 4 nitrogen and oxygen atoms in total. The number of aliphatic hydroxyl groups excluding tert-OH is 1. The lowest BCUT2D eigenvalue weighted by molar-refractivity contribution is 0.256. The number of rotatable bonds is 6. The first-order valence-electron chi connectivity index (χ1n) is 4.78. The fourth-order valence-corrected chi connectivity index (χ4v) is 2.45. The largest absolute Gasteiger partial charge is 0.395 e. The second-order valence-corrected chi connectivity index (χ2v) is 6.47. The van der Waals surface area contributed by atoms with Gasteiger partial charge in [0.1, 0.15) is 4.66 Å². The van der Waals surface area contributed by atoms with Crippen molar-refractivity contribution in [2.75, 3.05) is 11.3 Å². The average Bonchev–Trinajstić information content (AvgIpc) is 2.29. The van der Waals surface area contributed by atoms with Crippen molar-refractivity contribution < 1.29 is 13.5 Å². The summed E-state index contributed by atoms with van der Waals surface area (Å²) >= 11 is 2.88. The molecule has 0 aliphatic rings. The van der Waals surface area contributed by atoms with Gasteiger partial charge in [-0.1, -0.05) is 46.3 Å². The maximum atomic E-state index is 11.3. The Balaban J connectivity index is 2.63. The highest BCUT2D eigenvalue weighted by Gasteiger charge is 2.16. The highest BCUT2D eigenvalue weighted by molar-refractivity contribution is 9.10. The van der Waals surface area contributed by atoms with Crippen LogP contribution in [0.4, 0.5) is 0 Å². The highest BCUT2D eigenvalue weighted by atomic mass is 79.9. The van der Waals surface area contributed by atoms with Gasteiger partial charge in [-0.2, -0.15) is 0 Å². The van der Waals surface area contributed by atoms with Crippen molar-refractivity contribution in [3.63, 3.8) is 0 Å². The Morgan fingerprint density at radius 2 is 1.94 bits per heavy atom. The predicted octanol–water partition coefficient (Wildman–Crippen LogP) is 0.862. The van der Waals surface area contributed by atoms with Crippen molar-refractivity contribution in [3.05, 3.63) is 35.9 Å². The molecule has 0 aromatic heterocycles. The fourth-order valence-electron chi connectivity index (χ4n) is 1.33. The second kappa shape index (κ2) is 6.34. The maximum absolute atomic E-state index is 11.3. The van der Waals surface area contributed by atoms with Crippen LogP contribution in [0.5, 0.6) is 0 Å². The first-order chi connectivity index (χ1) is 7.57. The maximum Gasteiger partial charge on any atom is 0.221 e. The van der Waals surface area contributed by atoms with Gasteiger partial charge in [-0.05, 0) is 12.0 Å². The zero-order valence-electron chi connectivity index (χ0n) is 8.64. The van der Waals surface area contributed by atoms with Crippen molar-refractivity contribution in [2.45, 2.75) is 12.5 Å². The van der Waals surface area contributed by atoms with Gasteiger partial charge in [-0.25, -0.2) is 13.1 Å². The van der Waals surface area contributed by atoms with Gasteiger partial charge in [0.15, 0.2) is 0 Å². The Hall–Kier alpha value is -0.430. The third kappa shape index (κ3) is 4.61. The van der Waals surface area contributed by atoms with E-state index in [2.05, 4.69) is 20.7 Å². The second-order valence-electron chi connectivity index (χ2n) is 3.41. The number of nitrogens with one attached hydrogen (secondary N) is 1. The molecule has 0 heterocycles. The molecule has 0 bridgehead atoms.